The summed E-state index contributed by atoms with van der Waals surface area (Å²) >= 11 is 6.13. The highest BCUT2D eigenvalue weighted by molar-refractivity contribution is 6.32. The second kappa shape index (κ2) is 6.87. The monoisotopic (exact) mass is 311 g/mol. The van der Waals surface area contributed by atoms with E-state index in [-0.39, 0.29) is 5.75 Å². The van der Waals surface area contributed by atoms with E-state index in [1.54, 1.807) is 12.1 Å². The molecule has 0 unspecified atom stereocenters. The highest BCUT2D eigenvalue weighted by atomic mass is 35.5. The highest BCUT2D eigenvalue weighted by Crippen LogP contribution is 2.33. The Morgan fingerprint density at radius 3 is 2.43 bits per heavy atom. The van der Waals surface area contributed by atoms with E-state index < -0.39 is 11.6 Å². The lowest BCUT2D eigenvalue weighted by atomic mass is 10.2. The molecule has 0 bridgehead atoms. The van der Waals surface area contributed by atoms with Crippen molar-refractivity contribution in [1.82, 2.24) is 5.32 Å². The molecule has 21 heavy (non-hydrogen) atoms. The van der Waals surface area contributed by atoms with E-state index in [0.717, 1.165) is 23.8 Å². The van der Waals surface area contributed by atoms with Crippen molar-refractivity contribution in [2.75, 3.05) is 0 Å². The Hall–Kier alpha value is -1.65. The average molecular weight is 312 g/mol. The zero-order valence-electron chi connectivity index (χ0n) is 11.8. The summed E-state index contributed by atoms with van der Waals surface area (Å²) in [5, 5.41) is 3.64. The Bertz CT molecular complexity index is 611. The minimum Gasteiger partial charge on any atom is -0.455 e. The molecule has 0 heterocycles. The lowest BCUT2D eigenvalue weighted by molar-refractivity contribution is 0.458. The maximum absolute atomic E-state index is 13.2. The van der Waals surface area contributed by atoms with Crippen LogP contribution in [-0.4, -0.2) is 6.04 Å². The van der Waals surface area contributed by atoms with Gasteiger partial charge in [-0.3, -0.25) is 0 Å². The molecular formula is C16H16ClF2NO. The first-order valence-electron chi connectivity index (χ1n) is 6.60. The van der Waals surface area contributed by atoms with E-state index >= 15 is 0 Å². The zero-order valence-corrected chi connectivity index (χ0v) is 12.5. The third-order valence-electron chi connectivity index (χ3n) is 2.81. The summed E-state index contributed by atoms with van der Waals surface area (Å²) in [6, 6.07) is 8.65. The Labute approximate surface area is 127 Å². The van der Waals surface area contributed by atoms with Gasteiger partial charge < -0.3 is 10.1 Å². The molecule has 2 aromatic carbocycles. The molecule has 112 valence electrons. The molecular weight excluding hydrogens is 296 g/mol. The molecule has 2 rings (SSSR count). The van der Waals surface area contributed by atoms with E-state index in [9.17, 15) is 8.78 Å². The molecule has 0 fully saturated rings. The smallest absolute Gasteiger partial charge is 0.150 e. The van der Waals surface area contributed by atoms with Gasteiger partial charge in [0.25, 0.3) is 0 Å². The standard InChI is InChI=1S/C16H16ClF2NO/c1-10(2)20-9-11-4-3-5-15(17)16(11)21-14-7-12(18)6-13(19)8-14/h3-8,10,20H,9H2,1-2H3. The fourth-order valence-corrected chi connectivity index (χ4v) is 2.06. The van der Waals surface area contributed by atoms with Crippen LogP contribution in [0.25, 0.3) is 0 Å². The fourth-order valence-electron chi connectivity index (χ4n) is 1.83. The second-order valence-electron chi connectivity index (χ2n) is 4.97. The lowest BCUT2D eigenvalue weighted by Crippen LogP contribution is -2.22. The van der Waals surface area contributed by atoms with Crippen LogP contribution < -0.4 is 10.1 Å². The van der Waals surface area contributed by atoms with Crippen molar-refractivity contribution in [3.63, 3.8) is 0 Å². The van der Waals surface area contributed by atoms with Gasteiger partial charge >= 0.3 is 0 Å². The minimum atomic E-state index is -0.695. The average Bonchev–Trinajstić information content (AvgIpc) is 2.38. The van der Waals surface area contributed by atoms with Gasteiger partial charge in [-0.2, -0.15) is 0 Å². The fraction of sp³-hybridized carbons (Fsp3) is 0.250. The maximum atomic E-state index is 13.2. The molecule has 0 amide bonds. The van der Waals surface area contributed by atoms with Crippen molar-refractivity contribution in [2.45, 2.75) is 26.4 Å². The van der Waals surface area contributed by atoms with Crippen LogP contribution in [0.1, 0.15) is 19.4 Å². The molecule has 0 spiro atoms. The van der Waals surface area contributed by atoms with E-state index in [0.29, 0.717) is 23.4 Å². The summed E-state index contributed by atoms with van der Waals surface area (Å²) in [5.74, 6) is -0.915. The molecule has 1 N–H and O–H groups in total. The third kappa shape index (κ3) is 4.41. The van der Waals surface area contributed by atoms with Crippen LogP contribution in [0, 0.1) is 11.6 Å². The Morgan fingerprint density at radius 2 is 1.81 bits per heavy atom. The lowest BCUT2D eigenvalue weighted by Gasteiger charge is -2.15. The largest absolute Gasteiger partial charge is 0.455 e. The molecule has 0 saturated heterocycles. The molecule has 2 aromatic rings. The second-order valence-corrected chi connectivity index (χ2v) is 5.38. The quantitative estimate of drug-likeness (QED) is 0.847. The van der Waals surface area contributed by atoms with Gasteiger partial charge in [-0.1, -0.05) is 37.6 Å². The molecule has 0 atom stereocenters. The number of benzene rings is 2. The maximum Gasteiger partial charge on any atom is 0.150 e. The van der Waals surface area contributed by atoms with Crippen LogP contribution in [0.3, 0.4) is 0 Å². The summed E-state index contributed by atoms with van der Waals surface area (Å²) in [7, 11) is 0. The van der Waals surface area contributed by atoms with Gasteiger partial charge in [0, 0.05) is 36.3 Å². The number of rotatable bonds is 5. The van der Waals surface area contributed by atoms with E-state index in [1.807, 2.05) is 19.9 Å². The Morgan fingerprint density at radius 1 is 1.14 bits per heavy atom. The molecule has 0 aromatic heterocycles. The molecule has 2 nitrogen and oxygen atoms in total. The van der Waals surface area contributed by atoms with Crippen molar-refractivity contribution in [3.05, 3.63) is 58.6 Å². The van der Waals surface area contributed by atoms with Gasteiger partial charge in [0.05, 0.1) is 5.02 Å². The van der Waals surface area contributed by atoms with Gasteiger partial charge in [-0.15, -0.1) is 0 Å². The van der Waals surface area contributed by atoms with Crippen molar-refractivity contribution in [2.24, 2.45) is 0 Å². The van der Waals surface area contributed by atoms with Gasteiger partial charge in [0.1, 0.15) is 23.1 Å². The van der Waals surface area contributed by atoms with Crippen LogP contribution in [0.2, 0.25) is 5.02 Å². The van der Waals surface area contributed by atoms with Gasteiger partial charge in [-0.05, 0) is 6.07 Å². The number of hydrogen-bond acceptors (Lipinski definition) is 2. The summed E-state index contributed by atoms with van der Waals surface area (Å²) in [6.45, 7) is 4.59. The van der Waals surface area contributed by atoms with Crippen LogP contribution in [-0.2, 0) is 6.54 Å². The van der Waals surface area contributed by atoms with Crippen LogP contribution in [0.5, 0.6) is 11.5 Å². The molecule has 0 saturated carbocycles. The van der Waals surface area contributed by atoms with E-state index in [2.05, 4.69) is 5.32 Å². The van der Waals surface area contributed by atoms with E-state index in [4.69, 9.17) is 16.3 Å². The predicted octanol–water partition coefficient (Wildman–Crippen LogP) is 4.91. The van der Waals surface area contributed by atoms with Crippen molar-refractivity contribution >= 4 is 11.6 Å². The first-order chi connectivity index (χ1) is 9.95. The van der Waals surface area contributed by atoms with Gasteiger partial charge in [-0.25, -0.2) is 8.78 Å². The molecule has 0 radical (unpaired) electrons. The number of ether oxygens (including phenoxy) is 1. The molecule has 5 heteroatoms. The topological polar surface area (TPSA) is 21.3 Å². The molecule has 0 aliphatic carbocycles. The first kappa shape index (κ1) is 15.7. The van der Waals surface area contributed by atoms with Crippen molar-refractivity contribution in [1.29, 1.82) is 0 Å². The molecule has 0 aliphatic rings. The number of para-hydroxylation sites is 1. The SMILES string of the molecule is CC(C)NCc1cccc(Cl)c1Oc1cc(F)cc(F)c1. The Balaban J connectivity index is 2.29. The Kier molecular flexibility index (Phi) is 5.15. The van der Waals surface area contributed by atoms with Crippen molar-refractivity contribution in [3.8, 4) is 11.5 Å². The van der Waals surface area contributed by atoms with Crippen LogP contribution >= 0.6 is 11.6 Å². The van der Waals surface area contributed by atoms with Crippen LogP contribution in [0.15, 0.2) is 36.4 Å². The van der Waals surface area contributed by atoms with Gasteiger partial charge in [0.2, 0.25) is 0 Å². The zero-order chi connectivity index (χ0) is 15.4. The normalized spacial score (nSPS) is 11.0. The third-order valence-corrected chi connectivity index (χ3v) is 3.10. The van der Waals surface area contributed by atoms with Gasteiger partial charge in [0.15, 0.2) is 0 Å². The summed E-state index contributed by atoms with van der Waals surface area (Å²) in [6.07, 6.45) is 0. The predicted molar refractivity (Wildman–Crippen MR) is 79.9 cm³/mol. The summed E-state index contributed by atoms with van der Waals surface area (Å²) < 4.78 is 32.0. The van der Waals surface area contributed by atoms with Crippen LogP contribution in [0.4, 0.5) is 8.78 Å². The summed E-state index contributed by atoms with van der Waals surface area (Å²) in [4.78, 5) is 0. The van der Waals surface area contributed by atoms with Crippen molar-refractivity contribution < 1.29 is 13.5 Å². The molecule has 0 aliphatic heterocycles. The van der Waals surface area contributed by atoms with E-state index in [1.165, 1.54) is 0 Å². The number of hydrogen-bond donors (Lipinski definition) is 1. The minimum absolute atomic E-state index is 0.0754. The first-order valence-corrected chi connectivity index (χ1v) is 6.98. The number of nitrogens with one attached hydrogen (secondary N) is 1. The number of halogens is 3. The highest BCUT2D eigenvalue weighted by Gasteiger charge is 2.11. The summed E-state index contributed by atoms with van der Waals surface area (Å²) in [5.41, 5.74) is 0.820.